The average molecular weight is 753 g/mol. The smallest absolute Gasteiger partial charge is 0.272 e. The Balaban J connectivity index is 0.953. The molecule has 0 spiro atoms. The van der Waals surface area contributed by atoms with Crippen LogP contribution in [0.15, 0.2) is 126 Å². The van der Waals surface area contributed by atoms with Gasteiger partial charge in [0.1, 0.15) is 23.9 Å². The molecule has 1 aliphatic rings. The van der Waals surface area contributed by atoms with Crippen LogP contribution in [0.25, 0.3) is 10.8 Å². The molecule has 6 aromatic rings. The van der Waals surface area contributed by atoms with Crippen molar-refractivity contribution in [1.29, 1.82) is 0 Å². The first-order valence-corrected chi connectivity index (χ1v) is 19.5. The van der Waals surface area contributed by atoms with Gasteiger partial charge >= 0.3 is 0 Å². The van der Waals surface area contributed by atoms with Crippen LogP contribution in [0.4, 0.5) is 4.39 Å². The molecule has 2 atom stereocenters. The van der Waals surface area contributed by atoms with Crippen LogP contribution in [0, 0.1) is 11.2 Å². The lowest BCUT2D eigenvalue weighted by Gasteiger charge is -2.42. The number of phenols is 1. The number of amides is 1. The number of carbonyl (C=O) groups is 1. The predicted octanol–water partition coefficient (Wildman–Crippen LogP) is 8.55. The summed E-state index contributed by atoms with van der Waals surface area (Å²) in [6.45, 7) is 10.4. The molecule has 2 unspecified atom stereocenters. The van der Waals surface area contributed by atoms with E-state index in [2.05, 4.69) is 78.3 Å². The summed E-state index contributed by atoms with van der Waals surface area (Å²) in [5, 5.41) is 18.1. The number of aromatic nitrogens is 2. The standard InChI is InChI=1S/C47H49FN4O4/c1-4-41(33-10-6-5-7-11-33)47(2,3)44(34-15-19-36(53)20-16-34)35-17-21-37(22-18-35)56-29-28-51-24-26-52(27-25-51)46(55)40-30-32(14-23-42(40)48)31-43-38-12-8-9-13-39(38)45(54)50-49-43/h5-23,30,41,44,53H,4,24-29,31H2,1-3H3,(H,50,54). The second-order valence-corrected chi connectivity index (χ2v) is 15.3. The lowest BCUT2D eigenvalue weighted by molar-refractivity contribution is 0.0615. The Morgan fingerprint density at radius 1 is 0.839 bits per heavy atom. The van der Waals surface area contributed by atoms with Crippen LogP contribution in [0.5, 0.6) is 11.5 Å². The second-order valence-electron chi connectivity index (χ2n) is 15.3. The first-order valence-electron chi connectivity index (χ1n) is 19.5. The highest BCUT2D eigenvalue weighted by molar-refractivity contribution is 5.95. The Bertz CT molecular complexity index is 2320. The summed E-state index contributed by atoms with van der Waals surface area (Å²) in [6, 6.07) is 38.5. The van der Waals surface area contributed by atoms with E-state index in [4.69, 9.17) is 4.74 Å². The maximum atomic E-state index is 15.0. The van der Waals surface area contributed by atoms with Crippen molar-refractivity contribution in [3.05, 3.63) is 171 Å². The molecule has 0 aliphatic carbocycles. The number of nitrogens with zero attached hydrogens (tertiary/aromatic N) is 3. The number of hydrogen-bond donors (Lipinski definition) is 2. The van der Waals surface area contributed by atoms with E-state index in [0.29, 0.717) is 62.7 Å². The number of fused-ring (bicyclic) bond motifs is 1. The first kappa shape index (κ1) is 38.5. The number of phenolic OH excluding ortho intramolecular Hbond substituents is 1. The fourth-order valence-electron chi connectivity index (χ4n) is 8.54. The van der Waals surface area contributed by atoms with Gasteiger partial charge in [-0.3, -0.25) is 14.5 Å². The maximum absolute atomic E-state index is 15.0. The van der Waals surface area contributed by atoms with E-state index in [0.717, 1.165) is 28.7 Å². The Morgan fingerprint density at radius 3 is 2.16 bits per heavy atom. The molecule has 1 aliphatic heterocycles. The van der Waals surface area contributed by atoms with E-state index < -0.39 is 5.82 Å². The molecule has 9 heteroatoms. The highest BCUT2D eigenvalue weighted by Crippen LogP contribution is 2.51. The lowest BCUT2D eigenvalue weighted by atomic mass is 9.62. The topological polar surface area (TPSA) is 98.8 Å². The molecule has 1 aromatic heterocycles. The van der Waals surface area contributed by atoms with Crippen molar-refractivity contribution in [2.75, 3.05) is 39.3 Å². The van der Waals surface area contributed by atoms with Gasteiger partial charge in [0.2, 0.25) is 0 Å². The first-order chi connectivity index (χ1) is 27.1. The molecule has 0 radical (unpaired) electrons. The largest absolute Gasteiger partial charge is 0.508 e. The van der Waals surface area contributed by atoms with Gasteiger partial charge in [-0.25, -0.2) is 9.49 Å². The molecule has 8 nitrogen and oxygen atoms in total. The van der Waals surface area contributed by atoms with Gasteiger partial charge in [-0.05, 0) is 82.5 Å². The van der Waals surface area contributed by atoms with Crippen molar-refractivity contribution in [2.45, 2.75) is 45.4 Å². The van der Waals surface area contributed by atoms with Crippen LogP contribution in [-0.4, -0.2) is 70.3 Å². The molecular weight excluding hydrogens is 704 g/mol. The molecule has 288 valence electrons. The number of benzene rings is 5. The average Bonchev–Trinajstić information content (AvgIpc) is 3.21. The van der Waals surface area contributed by atoms with Gasteiger partial charge in [0.05, 0.1) is 16.6 Å². The molecule has 1 fully saturated rings. The van der Waals surface area contributed by atoms with Crippen LogP contribution in [0.1, 0.15) is 77.3 Å². The second kappa shape index (κ2) is 16.9. The van der Waals surface area contributed by atoms with E-state index >= 15 is 4.39 Å². The maximum Gasteiger partial charge on any atom is 0.272 e. The predicted molar refractivity (Wildman–Crippen MR) is 219 cm³/mol. The highest BCUT2D eigenvalue weighted by atomic mass is 19.1. The van der Waals surface area contributed by atoms with Crippen LogP contribution in [0.3, 0.4) is 0 Å². The summed E-state index contributed by atoms with van der Waals surface area (Å²) < 4.78 is 21.2. The van der Waals surface area contributed by atoms with Gasteiger partial charge in [-0.15, -0.1) is 0 Å². The van der Waals surface area contributed by atoms with Crippen molar-refractivity contribution < 1.29 is 19.0 Å². The van der Waals surface area contributed by atoms with Crippen molar-refractivity contribution in [3.63, 3.8) is 0 Å². The quantitative estimate of drug-likeness (QED) is 0.123. The SMILES string of the molecule is CCC(c1ccccc1)C(C)(C)C(c1ccc(O)cc1)c1ccc(OCCN2CCN(C(=O)c3cc(Cc4n[nH]c(=O)c5ccccc45)ccc3F)CC2)cc1. The minimum atomic E-state index is -0.556. The van der Waals surface area contributed by atoms with Crippen molar-refractivity contribution in [3.8, 4) is 11.5 Å². The van der Waals surface area contributed by atoms with Crippen LogP contribution >= 0.6 is 0 Å². The summed E-state index contributed by atoms with van der Waals surface area (Å²) in [4.78, 5) is 29.7. The Labute approximate surface area is 327 Å². The number of aromatic hydroxyl groups is 1. The fourth-order valence-corrected chi connectivity index (χ4v) is 8.54. The Hall–Kier alpha value is -5.80. The zero-order valence-electron chi connectivity index (χ0n) is 32.3. The summed E-state index contributed by atoms with van der Waals surface area (Å²) >= 11 is 0. The van der Waals surface area contributed by atoms with Crippen LogP contribution in [0.2, 0.25) is 0 Å². The third-order valence-electron chi connectivity index (χ3n) is 11.4. The van der Waals surface area contributed by atoms with Crippen LogP contribution in [-0.2, 0) is 6.42 Å². The van der Waals surface area contributed by atoms with Crippen molar-refractivity contribution in [2.24, 2.45) is 5.41 Å². The summed E-state index contributed by atoms with van der Waals surface area (Å²) in [7, 11) is 0. The fraction of sp³-hybridized carbons (Fsp3) is 0.298. The zero-order valence-corrected chi connectivity index (χ0v) is 32.3. The minimum Gasteiger partial charge on any atom is -0.508 e. The highest BCUT2D eigenvalue weighted by Gasteiger charge is 2.39. The normalized spacial score (nSPS) is 14.8. The van der Waals surface area contributed by atoms with E-state index in [1.807, 2.05) is 36.4 Å². The Kier molecular flexibility index (Phi) is 11.6. The minimum absolute atomic E-state index is 0.0396. The summed E-state index contributed by atoms with van der Waals surface area (Å²) in [5.41, 5.74) is 4.68. The van der Waals surface area contributed by atoms with E-state index in [9.17, 15) is 14.7 Å². The number of ether oxygens (including phenoxy) is 1. The van der Waals surface area contributed by atoms with Gasteiger partial charge in [-0.2, -0.15) is 5.10 Å². The molecule has 5 aromatic carbocycles. The number of nitrogens with one attached hydrogen (secondary N) is 1. The molecule has 1 amide bonds. The van der Waals surface area contributed by atoms with Gasteiger partial charge in [-0.1, -0.05) is 99.6 Å². The number of aromatic amines is 1. The number of hydrogen-bond acceptors (Lipinski definition) is 6. The summed E-state index contributed by atoms with van der Waals surface area (Å²) in [5.74, 6) is 0.543. The van der Waals surface area contributed by atoms with Gasteiger partial charge in [0.15, 0.2) is 0 Å². The number of carbonyl (C=O) groups excluding carboxylic acids is 1. The zero-order chi connectivity index (χ0) is 39.2. The van der Waals surface area contributed by atoms with Crippen LogP contribution < -0.4 is 10.3 Å². The van der Waals surface area contributed by atoms with Gasteiger partial charge in [0.25, 0.3) is 11.5 Å². The molecule has 0 saturated carbocycles. The molecule has 0 bridgehead atoms. The molecule has 56 heavy (non-hydrogen) atoms. The lowest BCUT2D eigenvalue weighted by Crippen LogP contribution is -2.49. The monoisotopic (exact) mass is 752 g/mol. The summed E-state index contributed by atoms with van der Waals surface area (Å²) in [6.07, 6.45) is 1.34. The molecular formula is C47H49FN4O4. The number of piperazine rings is 1. The van der Waals surface area contributed by atoms with E-state index in [1.165, 1.54) is 17.2 Å². The van der Waals surface area contributed by atoms with Gasteiger partial charge < -0.3 is 14.7 Å². The van der Waals surface area contributed by atoms with E-state index in [1.54, 1.807) is 41.3 Å². The molecule has 2 heterocycles. The van der Waals surface area contributed by atoms with Crippen molar-refractivity contribution in [1.82, 2.24) is 20.0 Å². The van der Waals surface area contributed by atoms with Crippen molar-refractivity contribution >= 4 is 16.7 Å². The number of halogens is 1. The number of H-pyrrole nitrogens is 1. The number of rotatable bonds is 13. The van der Waals surface area contributed by atoms with E-state index in [-0.39, 0.29) is 34.1 Å². The van der Waals surface area contributed by atoms with Gasteiger partial charge in [0, 0.05) is 50.4 Å². The molecule has 2 N–H and O–H groups in total. The Morgan fingerprint density at radius 2 is 1.48 bits per heavy atom. The molecule has 7 rings (SSSR count). The molecule has 1 saturated heterocycles. The third kappa shape index (κ3) is 8.38. The third-order valence-corrected chi connectivity index (χ3v) is 11.4.